The van der Waals surface area contributed by atoms with E-state index in [1.165, 1.54) is 4.31 Å². The van der Waals surface area contributed by atoms with Crippen molar-refractivity contribution in [3.63, 3.8) is 0 Å². The average molecular weight is 510 g/mol. The molecule has 6 heteroatoms. The van der Waals surface area contributed by atoms with Gasteiger partial charge in [-0.1, -0.05) is 83.0 Å². The molecule has 0 aliphatic carbocycles. The highest BCUT2D eigenvalue weighted by molar-refractivity contribution is 9.10. The number of allylic oxidation sites excluding steroid dienone is 1. The minimum Gasteiger partial charge on any atom is -0.289 e. The first-order valence-corrected chi connectivity index (χ1v) is 12.7. The number of carbonyl (C=O) groups is 1. The second-order valence-corrected chi connectivity index (χ2v) is 11.0. The first-order valence-electron chi connectivity index (χ1n) is 10.4. The molecule has 1 saturated heterocycles. The van der Waals surface area contributed by atoms with Crippen LogP contribution in [0.3, 0.4) is 0 Å². The van der Waals surface area contributed by atoms with Gasteiger partial charge in [0.2, 0.25) is 10.0 Å². The Kier molecular flexibility index (Phi) is 6.47. The molecule has 1 aliphatic rings. The number of Topliss-reactive ketones (excluding diaryl/α,β-unsaturated/α-hetero) is 1. The maximum absolute atomic E-state index is 13.6. The quantitative estimate of drug-likeness (QED) is 0.325. The van der Waals surface area contributed by atoms with E-state index in [1.54, 1.807) is 36.4 Å². The number of halogens is 1. The highest BCUT2D eigenvalue weighted by Gasteiger charge is 2.36. The van der Waals surface area contributed by atoms with Crippen LogP contribution >= 0.6 is 15.9 Å². The highest BCUT2D eigenvalue weighted by atomic mass is 79.9. The van der Waals surface area contributed by atoms with E-state index in [9.17, 15) is 13.2 Å². The van der Waals surface area contributed by atoms with Crippen LogP contribution in [0.1, 0.15) is 28.4 Å². The number of nitrogens with zero attached hydrogens (tertiary/aromatic N) is 1. The summed E-state index contributed by atoms with van der Waals surface area (Å²) in [6.45, 7) is 4.45. The van der Waals surface area contributed by atoms with Crippen molar-refractivity contribution in [3.8, 4) is 0 Å². The fourth-order valence-electron chi connectivity index (χ4n) is 4.01. The lowest BCUT2D eigenvalue weighted by molar-refractivity contribution is 0.105. The molecule has 4 nitrogen and oxygen atoms in total. The third-order valence-corrected chi connectivity index (χ3v) is 8.15. The maximum Gasteiger partial charge on any atom is 0.243 e. The summed E-state index contributed by atoms with van der Waals surface area (Å²) < 4.78 is 29.0. The van der Waals surface area contributed by atoms with Crippen LogP contribution in [0.4, 0.5) is 0 Å². The Bertz CT molecular complexity index is 1260. The van der Waals surface area contributed by atoms with Crippen LogP contribution in [0.15, 0.2) is 93.8 Å². The number of hydrogen-bond acceptors (Lipinski definition) is 3. The minimum absolute atomic E-state index is 0.0819. The number of rotatable bonds is 5. The zero-order valence-corrected chi connectivity index (χ0v) is 20.4. The summed E-state index contributed by atoms with van der Waals surface area (Å²) in [5, 5.41) is 0. The molecule has 0 aromatic heterocycles. The van der Waals surface area contributed by atoms with E-state index < -0.39 is 10.0 Å². The van der Waals surface area contributed by atoms with Crippen molar-refractivity contribution in [2.24, 2.45) is 5.92 Å². The third kappa shape index (κ3) is 4.49. The predicted molar refractivity (Wildman–Crippen MR) is 131 cm³/mol. The first-order chi connectivity index (χ1) is 15.3. The summed E-state index contributed by atoms with van der Waals surface area (Å²) in [6.07, 6.45) is 0. The van der Waals surface area contributed by atoms with Gasteiger partial charge in [0.15, 0.2) is 5.78 Å². The van der Waals surface area contributed by atoms with Crippen molar-refractivity contribution in [2.45, 2.75) is 18.7 Å². The van der Waals surface area contributed by atoms with Gasteiger partial charge in [-0.2, -0.15) is 4.31 Å². The van der Waals surface area contributed by atoms with Gasteiger partial charge in [0.05, 0.1) is 4.90 Å². The molecule has 32 heavy (non-hydrogen) atoms. The molecule has 4 rings (SSSR count). The lowest BCUT2D eigenvalue weighted by Crippen LogP contribution is -2.28. The number of carbonyl (C=O) groups excluding carboxylic acids is 1. The molecule has 1 aliphatic heterocycles. The van der Waals surface area contributed by atoms with E-state index in [1.807, 2.05) is 56.3 Å². The normalized spacial score (nSPS) is 18.5. The standard InChI is InChI=1S/C26H24BrNO3S/c1-18-8-14-23(15-9-18)32(30,31)28-16-19(2)24(17-28)25(20-10-12-22(27)13-11-20)26(29)21-6-4-3-5-7-21/h3-15,19H,16-17H2,1-2H3/b25-24-/t19-/m1/s1. The molecular formula is C26H24BrNO3S. The van der Waals surface area contributed by atoms with Crippen LogP contribution in [0.2, 0.25) is 0 Å². The van der Waals surface area contributed by atoms with Crippen LogP contribution in [0.25, 0.3) is 5.57 Å². The van der Waals surface area contributed by atoms with Crippen molar-refractivity contribution < 1.29 is 13.2 Å². The second-order valence-electron chi connectivity index (χ2n) is 8.11. The summed E-state index contributed by atoms with van der Waals surface area (Å²) in [4.78, 5) is 13.9. The van der Waals surface area contributed by atoms with Crippen LogP contribution in [0, 0.1) is 12.8 Å². The average Bonchev–Trinajstić information content (AvgIpc) is 3.18. The van der Waals surface area contributed by atoms with Gasteiger partial charge in [0.1, 0.15) is 0 Å². The van der Waals surface area contributed by atoms with E-state index in [2.05, 4.69) is 15.9 Å². The zero-order chi connectivity index (χ0) is 22.9. The monoisotopic (exact) mass is 509 g/mol. The number of sulfonamides is 1. The Hall–Kier alpha value is -2.54. The SMILES string of the molecule is Cc1ccc(S(=O)(=O)N2C/C(=C(/C(=O)c3ccccc3)c3ccc(Br)cc3)[C@H](C)C2)cc1. The molecule has 0 radical (unpaired) electrons. The van der Waals surface area contributed by atoms with E-state index in [0.717, 1.165) is 21.2 Å². The number of benzene rings is 3. The molecule has 1 atom stereocenters. The van der Waals surface area contributed by atoms with Crippen molar-refractivity contribution in [1.29, 1.82) is 0 Å². The van der Waals surface area contributed by atoms with Gasteiger partial charge in [-0.25, -0.2) is 8.42 Å². The Morgan fingerprint density at radius 3 is 2.16 bits per heavy atom. The molecule has 1 fully saturated rings. The Labute approximate surface area is 197 Å². The van der Waals surface area contributed by atoms with Gasteiger partial charge in [0, 0.05) is 28.7 Å². The zero-order valence-electron chi connectivity index (χ0n) is 18.0. The van der Waals surface area contributed by atoms with Crippen LogP contribution in [-0.2, 0) is 10.0 Å². The van der Waals surface area contributed by atoms with Crippen molar-refractivity contribution >= 4 is 37.3 Å². The van der Waals surface area contributed by atoms with Gasteiger partial charge in [-0.15, -0.1) is 0 Å². The van der Waals surface area contributed by atoms with Crippen molar-refractivity contribution in [3.05, 3.63) is 106 Å². The number of hydrogen-bond donors (Lipinski definition) is 0. The molecule has 0 bridgehead atoms. The Morgan fingerprint density at radius 2 is 1.53 bits per heavy atom. The fourth-order valence-corrected chi connectivity index (χ4v) is 5.78. The third-order valence-electron chi connectivity index (χ3n) is 5.79. The first kappa shape index (κ1) is 22.6. The van der Waals surface area contributed by atoms with Crippen molar-refractivity contribution in [1.82, 2.24) is 4.31 Å². The molecule has 164 valence electrons. The minimum atomic E-state index is -3.65. The van der Waals surface area contributed by atoms with Crippen LogP contribution in [0.5, 0.6) is 0 Å². The Balaban J connectivity index is 1.79. The van der Waals surface area contributed by atoms with E-state index >= 15 is 0 Å². The van der Waals surface area contributed by atoms with Gasteiger partial charge < -0.3 is 0 Å². The molecule has 3 aromatic carbocycles. The smallest absolute Gasteiger partial charge is 0.243 e. The van der Waals surface area contributed by atoms with Gasteiger partial charge in [-0.05, 0) is 48.2 Å². The fraction of sp³-hybridized carbons (Fsp3) is 0.192. The largest absolute Gasteiger partial charge is 0.289 e. The number of ketones is 1. The summed E-state index contributed by atoms with van der Waals surface area (Å²) in [5.74, 6) is -0.175. The molecule has 1 heterocycles. The van der Waals surface area contributed by atoms with Crippen molar-refractivity contribution in [2.75, 3.05) is 13.1 Å². The van der Waals surface area contributed by atoms with Gasteiger partial charge >= 0.3 is 0 Å². The van der Waals surface area contributed by atoms with Gasteiger partial charge in [0.25, 0.3) is 0 Å². The summed E-state index contributed by atoms with van der Waals surface area (Å²) in [5.41, 5.74) is 3.81. The van der Waals surface area contributed by atoms with E-state index in [0.29, 0.717) is 17.7 Å². The van der Waals surface area contributed by atoms with Gasteiger partial charge in [-0.3, -0.25) is 4.79 Å². The molecular weight excluding hydrogens is 486 g/mol. The molecule has 0 spiro atoms. The maximum atomic E-state index is 13.6. The van der Waals surface area contributed by atoms with Crippen LogP contribution < -0.4 is 0 Å². The number of aryl methyl sites for hydroxylation is 1. The predicted octanol–water partition coefficient (Wildman–Crippen LogP) is 5.73. The Morgan fingerprint density at radius 1 is 0.906 bits per heavy atom. The lowest BCUT2D eigenvalue weighted by Gasteiger charge is -2.16. The summed E-state index contributed by atoms with van der Waals surface area (Å²) in [7, 11) is -3.65. The van der Waals surface area contributed by atoms with E-state index in [4.69, 9.17) is 0 Å². The molecule has 0 saturated carbocycles. The van der Waals surface area contributed by atoms with Crippen LogP contribution in [-0.4, -0.2) is 31.6 Å². The molecule has 3 aromatic rings. The highest BCUT2D eigenvalue weighted by Crippen LogP contribution is 2.35. The molecule has 0 amide bonds. The van der Waals surface area contributed by atoms with E-state index in [-0.39, 0.29) is 23.1 Å². The topological polar surface area (TPSA) is 54.5 Å². The lowest BCUT2D eigenvalue weighted by atomic mass is 9.88. The summed E-state index contributed by atoms with van der Waals surface area (Å²) >= 11 is 3.45. The second kappa shape index (κ2) is 9.14. The molecule has 0 unspecified atom stereocenters. The molecule has 0 N–H and O–H groups in total. The summed E-state index contributed by atoms with van der Waals surface area (Å²) in [6, 6.07) is 23.6.